The van der Waals surface area contributed by atoms with Gasteiger partial charge in [0, 0.05) is 23.4 Å². The van der Waals surface area contributed by atoms with Gasteiger partial charge in [-0.15, -0.1) is 0 Å². The van der Waals surface area contributed by atoms with Gasteiger partial charge in [-0.3, -0.25) is 4.79 Å². The molecular weight excluding hydrogens is 364 g/mol. The van der Waals surface area contributed by atoms with Crippen molar-refractivity contribution in [3.8, 4) is 0 Å². The van der Waals surface area contributed by atoms with Gasteiger partial charge in [-0.1, -0.05) is 30.3 Å². The maximum Gasteiger partial charge on any atom is 0.328 e. The Morgan fingerprint density at radius 3 is 2.03 bits per heavy atom. The minimum Gasteiger partial charge on any atom is -0.478 e. The molecule has 1 heterocycles. The molecule has 0 spiro atoms. The predicted molar refractivity (Wildman–Crippen MR) is 117 cm³/mol. The fraction of sp³-hybridized carbons (Fsp3) is 0.250. The van der Waals surface area contributed by atoms with Crippen LogP contribution in [-0.4, -0.2) is 47.9 Å². The molecule has 0 saturated carbocycles. The Balaban J connectivity index is 1.55. The van der Waals surface area contributed by atoms with E-state index in [2.05, 4.69) is 17.3 Å². The Labute approximate surface area is 171 Å². The zero-order chi connectivity index (χ0) is 20.6. The average Bonchev–Trinajstić information content (AvgIpc) is 2.73. The number of piperidine rings is 1. The molecule has 1 aliphatic rings. The van der Waals surface area contributed by atoms with Crippen molar-refractivity contribution in [2.45, 2.75) is 18.9 Å². The number of carbonyl (C=O) groups is 2. The average molecular weight is 390 g/mol. The first-order valence-electron chi connectivity index (χ1n) is 9.78. The molecule has 1 fully saturated rings. The van der Waals surface area contributed by atoms with E-state index in [0.717, 1.165) is 48.8 Å². The van der Waals surface area contributed by atoms with Gasteiger partial charge in [0.1, 0.15) is 0 Å². The van der Waals surface area contributed by atoms with Gasteiger partial charge in [-0.25, -0.2) is 4.79 Å². The van der Waals surface area contributed by atoms with Gasteiger partial charge in [-0.2, -0.15) is 0 Å². The lowest BCUT2D eigenvalue weighted by molar-refractivity contribution is -0.131. The number of carboxylic acid groups (broad SMARTS) is 1. The highest BCUT2D eigenvalue weighted by molar-refractivity contribution is 6.07. The van der Waals surface area contributed by atoms with Gasteiger partial charge in [0.2, 0.25) is 0 Å². The summed E-state index contributed by atoms with van der Waals surface area (Å²) >= 11 is 0. The van der Waals surface area contributed by atoms with E-state index in [1.807, 2.05) is 48.5 Å². The van der Waals surface area contributed by atoms with Crippen molar-refractivity contribution in [2.24, 2.45) is 0 Å². The summed E-state index contributed by atoms with van der Waals surface area (Å²) in [5.74, 6) is -1.03. The van der Waals surface area contributed by atoms with Crippen LogP contribution in [0.2, 0.25) is 0 Å². The predicted octanol–water partition coefficient (Wildman–Crippen LogP) is 4.19. The molecule has 1 saturated heterocycles. The topological polar surface area (TPSA) is 69.6 Å². The number of rotatable bonds is 7. The number of allylic oxidation sites excluding steroid dienone is 1. The van der Waals surface area contributed by atoms with E-state index in [1.54, 1.807) is 12.2 Å². The van der Waals surface area contributed by atoms with Crippen LogP contribution in [0.25, 0.3) is 12.2 Å². The summed E-state index contributed by atoms with van der Waals surface area (Å²) in [4.78, 5) is 25.3. The first-order chi connectivity index (χ1) is 14.0. The fourth-order valence-electron chi connectivity index (χ4n) is 3.27. The molecule has 0 amide bonds. The van der Waals surface area contributed by atoms with Crippen molar-refractivity contribution in [1.82, 2.24) is 4.90 Å². The third kappa shape index (κ3) is 6.43. The lowest BCUT2D eigenvalue weighted by Gasteiger charge is -2.30. The van der Waals surface area contributed by atoms with E-state index in [4.69, 9.17) is 5.11 Å². The van der Waals surface area contributed by atoms with E-state index in [-0.39, 0.29) is 5.78 Å². The van der Waals surface area contributed by atoms with Crippen LogP contribution in [0.5, 0.6) is 0 Å². The first kappa shape index (κ1) is 20.6. The highest BCUT2D eigenvalue weighted by atomic mass is 16.4. The lowest BCUT2D eigenvalue weighted by Crippen LogP contribution is -2.36. The Morgan fingerprint density at radius 1 is 0.931 bits per heavy atom. The van der Waals surface area contributed by atoms with Gasteiger partial charge in [0.15, 0.2) is 5.78 Å². The molecule has 150 valence electrons. The normalized spacial score (nSPS) is 15.8. The molecule has 2 aromatic rings. The molecule has 0 aromatic heterocycles. The summed E-state index contributed by atoms with van der Waals surface area (Å²) in [6, 6.07) is 15.4. The SMILES string of the molecule is CN1CCC(Nc2ccc(C(=O)/C=C/c3ccc(/C=C/C(=O)O)cc3)cc2)CC1. The molecule has 1 aliphatic heterocycles. The van der Waals surface area contributed by atoms with Crippen molar-refractivity contribution in [1.29, 1.82) is 0 Å². The molecule has 0 bridgehead atoms. The third-order valence-corrected chi connectivity index (χ3v) is 5.04. The number of nitrogens with one attached hydrogen (secondary N) is 1. The smallest absolute Gasteiger partial charge is 0.328 e. The number of likely N-dealkylation sites (tertiary alicyclic amines) is 1. The van der Waals surface area contributed by atoms with Crippen LogP contribution in [-0.2, 0) is 4.79 Å². The van der Waals surface area contributed by atoms with E-state index >= 15 is 0 Å². The molecule has 0 radical (unpaired) electrons. The number of benzene rings is 2. The highest BCUT2D eigenvalue weighted by Gasteiger charge is 2.16. The van der Waals surface area contributed by atoms with Gasteiger partial charge < -0.3 is 15.3 Å². The summed E-state index contributed by atoms with van der Waals surface area (Å²) in [6.45, 7) is 2.21. The Kier molecular flexibility index (Phi) is 6.98. The van der Waals surface area contributed by atoms with Crippen molar-refractivity contribution < 1.29 is 14.7 Å². The first-order valence-corrected chi connectivity index (χ1v) is 9.78. The Hall–Kier alpha value is -3.18. The number of carbonyl (C=O) groups excluding carboxylic acids is 1. The zero-order valence-corrected chi connectivity index (χ0v) is 16.5. The summed E-state index contributed by atoms with van der Waals surface area (Å²) in [6.07, 6.45) is 8.20. The second-order valence-electron chi connectivity index (χ2n) is 7.34. The molecule has 5 heteroatoms. The van der Waals surface area contributed by atoms with E-state index in [9.17, 15) is 9.59 Å². The van der Waals surface area contributed by atoms with Gasteiger partial charge in [-0.05, 0) is 80.5 Å². The molecule has 0 atom stereocenters. The van der Waals surface area contributed by atoms with Gasteiger partial charge in [0.25, 0.3) is 0 Å². The molecule has 2 N–H and O–H groups in total. The Morgan fingerprint density at radius 2 is 1.48 bits per heavy atom. The van der Waals surface area contributed by atoms with Crippen LogP contribution in [0.1, 0.15) is 34.3 Å². The molecule has 0 unspecified atom stereocenters. The van der Waals surface area contributed by atoms with E-state index in [1.165, 1.54) is 6.08 Å². The second-order valence-corrected chi connectivity index (χ2v) is 7.34. The molecule has 0 aliphatic carbocycles. The van der Waals surface area contributed by atoms with Crippen LogP contribution in [0.15, 0.2) is 60.7 Å². The molecule has 29 heavy (non-hydrogen) atoms. The van der Waals surface area contributed by atoms with Gasteiger partial charge in [0.05, 0.1) is 0 Å². The number of hydrogen-bond donors (Lipinski definition) is 2. The summed E-state index contributed by atoms with van der Waals surface area (Å²) in [7, 11) is 2.15. The maximum absolute atomic E-state index is 12.4. The lowest BCUT2D eigenvalue weighted by atomic mass is 10.0. The van der Waals surface area contributed by atoms with Crippen LogP contribution in [0.4, 0.5) is 5.69 Å². The number of nitrogens with zero attached hydrogens (tertiary/aromatic N) is 1. The van der Waals surface area contributed by atoms with Crippen LogP contribution in [0, 0.1) is 0 Å². The minimum atomic E-state index is -0.980. The third-order valence-electron chi connectivity index (χ3n) is 5.04. The second kappa shape index (κ2) is 9.85. The standard InChI is InChI=1S/C24H26N2O3/c1-26-16-14-22(15-17-26)25-21-10-8-20(9-11-21)23(27)12-6-18-2-4-19(5-3-18)7-13-24(28)29/h2-13,22,25H,14-17H2,1H3,(H,28,29)/b12-6+,13-7+. The number of aliphatic carboxylic acids is 1. The maximum atomic E-state index is 12.4. The van der Waals surface area contributed by atoms with Crippen molar-refractivity contribution in [3.63, 3.8) is 0 Å². The van der Waals surface area contributed by atoms with Gasteiger partial charge >= 0.3 is 5.97 Å². The number of hydrogen-bond acceptors (Lipinski definition) is 4. The molecule has 5 nitrogen and oxygen atoms in total. The Bertz CT molecular complexity index is 891. The van der Waals surface area contributed by atoms with Crippen molar-refractivity contribution in [2.75, 3.05) is 25.5 Å². The number of anilines is 1. The summed E-state index contributed by atoms with van der Waals surface area (Å²) in [5.41, 5.74) is 3.37. The summed E-state index contributed by atoms with van der Waals surface area (Å²) < 4.78 is 0. The highest BCUT2D eigenvalue weighted by Crippen LogP contribution is 2.17. The molecular formula is C24H26N2O3. The number of ketones is 1. The fourth-order valence-corrected chi connectivity index (χ4v) is 3.27. The molecule has 2 aromatic carbocycles. The van der Waals surface area contributed by atoms with Crippen LogP contribution < -0.4 is 5.32 Å². The van der Waals surface area contributed by atoms with E-state index in [0.29, 0.717) is 11.6 Å². The van der Waals surface area contributed by atoms with Crippen molar-refractivity contribution in [3.05, 3.63) is 77.4 Å². The minimum absolute atomic E-state index is 0.0503. The quantitative estimate of drug-likeness (QED) is 0.548. The van der Waals surface area contributed by atoms with E-state index < -0.39 is 5.97 Å². The zero-order valence-electron chi connectivity index (χ0n) is 16.5. The van der Waals surface area contributed by atoms with Crippen LogP contribution in [0.3, 0.4) is 0 Å². The van der Waals surface area contributed by atoms with Crippen LogP contribution >= 0.6 is 0 Å². The monoisotopic (exact) mass is 390 g/mol. The summed E-state index contributed by atoms with van der Waals surface area (Å²) in [5, 5.41) is 12.2. The largest absolute Gasteiger partial charge is 0.478 e. The molecule has 3 rings (SSSR count). The van der Waals surface area contributed by atoms with Crippen molar-refractivity contribution >= 4 is 29.6 Å². The number of carboxylic acids is 1.